The van der Waals surface area contributed by atoms with Crippen molar-refractivity contribution in [3.63, 3.8) is 0 Å². The number of aliphatic carboxylic acids is 1. The molecule has 0 aromatic heterocycles. The molecule has 0 spiro atoms. The molecule has 216 valence electrons. The Hall–Kier alpha value is -4.36. The summed E-state index contributed by atoms with van der Waals surface area (Å²) in [6.45, 7) is 4.72. The number of ketones is 1. The van der Waals surface area contributed by atoms with Crippen LogP contribution in [0.5, 0.6) is 0 Å². The third-order valence-corrected chi connectivity index (χ3v) is 7.83. The van der Waals surface area contributed by atoms with Crippen molar-refractivity contribution in [3.05, 3.63) is 125 Å². The molecule has 1 unspecified atom stereocenters. The van der Waals surface area contributed by atoms with Gasteiger partial charge < -0.3 is 15.3 Å². The van der Waals surface area contributed by atoms with E-state index in [9.17, 15) is 19.5 Å². The molecule has 7 heteroatoms. The van der Waals surface area contributed by atoms with Gasteiger partial charge in [0.25, 0.3) is 5.91 Å². The maximum absolute atomic E-state index is 13.5. The number of hydrogen-bond donors (Lipinski definition) is 2. The van der Waals surface area contributed by atoms with Gasteiger partial charge in [0, 0.05) is 29.9 Å². The lowest BCUT2D eigenvalue weighted by atomic mass is 9.93. The van der Waals surface area contributed by atoms with Crippen LogP contribution in [0.25, 0.3) is 11.1 Å². The zero-order valence-electron chi connectivity index (χ0n) is 24.2. The van der Waals surface area contributed by atoms with E-state index in [1.807, 2.05) is 92.0 Å². The number of nitrogens with zero attached hydrogens (tertiary/aromatic N) is 1. The number of anilines is 1. The van der Waals surface area contributed by atoms with Crippen LogP contribution in [0.4, 0.5) is 5.69 Å². The number of rotatable bonds is 13. The van der Waals surface area contributed by atoms with Crippen LogP contribution in [0.15, 0.2) is 97.1 Å². The second-order valence-corrected chi connectivity index (χ2v) is 11.3. The Morgan fingerprint density at radius 3 is 2.24 bits per heavy atom. The van der Waals surface area contributed by atoms with Gasteiger partial charge in [-0.15, -0.1) is 0 Å². The molecule has 1 atom stereocenters. The van der Waals surface area contributed by atoms with Crippen LogP contribution in [0, 0.1) is 6.92 Å². The Kier molecular flexibility index (Phi) is 10.6. The number of nitrogens with one attached hydrogen (secondary N) is 1. The molecule has 4 aromatic rings. The van der Waals surface area contributed by atoms with Crippen molar-refractivity contribution in [2.45, 2.75) is 39.4 Å². The normalized spacial score (nSPS) is 11.5. The second-order valence-electron chi connectivity index (χ2n) is 10.3. The monoisotopic (exact) mass is 580 g/mol. The minimum absolute atomic E-state index is 0.00547. The Labute approximate surface area is 251 Å². The maximum Gasteiger partial charge on any atom is 0.326 e. The molecule has 1 amide bonds. The summed E-state index contributed by atoms with van der Waals surface area (Å²) in [5.74, 6) is -0.826. The summed E-state index contributed by atoms with van der Waals surface area (Å²) < 4.78 is 0. The van der Waals surface area contributed by atoms with Gasteiger partial charge in [-0.25, -0.2) is 4.79 Å². The zero-order valence-corrected chi connectivity index (χ0v) is 25.0. The number of thioether (sulfide) groups is 1. The van der Waals surface area contributed by atoms with E-state index >= 15 is 0 Å². The number of hydrogen-bond acceptors (Lipinski definition) is 5. The molecule has 4 rings (SSSR count). The van der Waals surface area contributed by atoms with Crippen LogP contribution >= 0.6 is 11.8 Å². The highest BCUT2D eigenvalue weighted by molar-refractivity contribution is 7.98. The first kappa shape index (κ1) is 30.6. The van der Waals surface area contributed by atoms with E-state index in [0.29, 0.717) is 36.4 Å². The van der Waals surface area contributed by atoms with Gasteiger partial charge in [0.1, 0.15) is 6.04 Å². The van der Waals surface area contributed by atoms with E-state index in [2.05, 4.69) is 22.3 Å². The Bertz CT molecular complexity index is 1550. The number of carboxylic acids is 1. The fraction of sp³-hybridized carbons (Fsp3) is 0.229. The Balaban J connectivity index is 1.74. The van der Waals surface area contributed by atoms with E-state index in [0.717, 1.165) is 33.5 Å². The number of carboxylic acid groups (broad SMARTS) is 1. The van der Waals surface area contributed by atoms with Crippen LogP contribution in [0.3, 0.4) is 0 Å². The molecular weight excluding hydrogens is 544 g/mol. The van der Waals surface area contributed by atoms with E-state index in [1.54, 1.807) is 24.8 Å². The molecule has 0 aliphatic carbocycles. The maximum atomic E-state index is 13.5. The molecular formula is C35H36N2O4S. The molecule has 42 heavy (non-hydrogen) atoms. The third-order valence-electron chi connectivity index (χ3n) is 7.19. The summed E-state index contributed by atoms with van der Waals surface area (Å²) in [7, 11) is 0. The van der Waals surface area contributed by atoms with Crippen molar-refractivity contribution >= 4 is 35.1 Å². The highest BCUT2D eigenvalue weighted by atomic mass is 32.2. The average molecular weight is 581 g/mol. The first-order valence-electron chi connectivity index (χ1n) is 13.9. The van der Waals surface area contributed by atoms with E-state index in [4.69, 9.17) is 0 Å². The van der Waals surface area contributed by atoms with Crippen LogP contribution in [0.2, 0.25) is 0 Å². The fourth-order valence-electron chi connectivity index (χ4n) is 4.90. The second kappa shape index (κ2) is 14.5. The molecule has 0 aliphatic heterocycles. The van der Waals surface area contributed by atoms with E-state index in [-0.39, 0.29) is 5.78 Å². The van der Waals surface area contributed by atoms with Crippen molar-refractivity contribution in [1.29, 1.82) is 0 Å². The summed E-state index contributed by atoms with van der Waals surface area (Å²) in [4.78, 5) is 39.7. The van der Waals surface area contributed by atoms with E-state index < -0.39 is 17.9 Å². The minimum atomic E-state index is -1.05. The van der Waals surface area contributed by atoms with Crippen molar-refractivity contribution in [2.75, 3.05) is 16.9 Å². The predicted molar refractivity (Wildman–Crippen MR) is 171 cm³/mol. The van der Waals surface area contributed by atoms with Crippen molar-refractivity contribution in [3.8, 4) is 11.1 Å². The van der Waals surface area contributed by atoms with Gasteiger partial charge in [-0.05, 0) is 84.4 Å². The molecule has 0 aliphatic rings. The molecule has 4 aromatic carbocycles. The van der Waals surface area contributed by atoms with Crippen molar-refractivity contribution in [2.24, 2.45) is 0 Å². The largest absolute Gasteiger partial charge is 0.480 e. The molecule has 0 saturated carbocycles. The first-order valence-corrected chi connectivity index (χ1v) is 15.3. The quantitative estimate of drug-likeness (QED) is 0.166. The highest BCUT2D eigenvalue weighted by Crippen LogP contribution is 2.30. The van der Waals surface area contributed by atoms with Gasteiger partial charge in [0.2, 0.25) is 0 Å². The summed E-state index contributed by atoms with van der Waals surface area (Å²) >= 11 is 1.54. The standard InChI is InChI=1S/C35H36N2O4S/c1-24-10-7-8-15-30(24)32-20-27(16-17-31(32)34(39)36-33(35(40)41)18-19-42-3)23-37(22-26-11-5-4-6-12-26)29-14-9-13-28(21-29)25(2)38/h4-17,20-21,33H,18-19,22-23H2,1-3H3,(H,36,39)(H,40,41). The fourth-order valence-corrected chi connectivity index (χ4v) is 5.37. The van der Waals surface area contributed by atoms with Gasteiger partial charge >= 0.3 is 5.97 Å². The third kappa shape index (κ3) is 7.89. The minimum Gasteiger partial charge on any atom is -0.480 e. The average Bonchev–Trinajstić information content (AvgIpc) is 2.99. The molecule has 0 bridgehead atoms. The summed E-state index contributed by atoms with van der Waals surface area (Å²) in [5.41, 5.74) is 6.77. The van der Waals surface area contributed by atoms with Crippen LogP contribution in [-0.4, -0.2) is 40.8 Å². The number of amides is 1. The predicted octanol–water partition coefficient (Wildman–Crippen LogP) is 7.01. The van der Waals surface area contributed by atoms with Gasteiger partial charge in [0.05, 0.1) is 0 Å². The Morgan fingerprint density at radius 1 is 0.833 bits per heavy atom. The Morgan fingerprint density at radius 2 is 1.55 bits per heavy atom. The van der Waals surface area contributed by atoms with Crippen LogP contribution < -0.4 is 10.2 Å². The first-order chi connectivity index (χ1) is 20.3. The lowest BCUT2D eigenvalue weighted by Gasteiger charge is -2.26. The van der Waals surface area contributed by atoms with Crippen molar-refractivity contribution in [1.82, 2.24) is 5.32 Å². The molecule has 0 saturated heterocycles. The van der Waals surface area contributed by atoms with Crippen LogP contribution in [0.1, 0.15) is 50.8 Å². The number of carbonyl (C=O) groups excluding carboxylic acids is 2. The van der Waals surface area contributed by atoms with Gasteiger partial charge in [0.15, 0.2) is 5.78 Å². The highest BCUT2D eigenvalue weighted by Gasteiger charge is 2.23. The summed E-state index contributed by atoms with van der Waals surface area (Å²) in [6, 6.07) is 30.4. The van der Waals surface area contributed by atoms with Gasteiger partial charge in [-0.1, -0.05) is 72.8 Å². The summed E-state index contributed by atoms with van der Waals surface area (Å²) in [6.07, 6.45) is 2.25. The lowest BCUT2D eigenvalue weighted by molar-refractivity contribution is -0.139. The topological polar surface area (TPSA) is 86.7 Å². The van der Waals surface area contributed by atoms with Gasteiger partial charge in [-0.2, -0.15) is 11.8 Å². The van der Waals surface area contributed by atoms with Crippen LogP contribution in [-0.2, 0) is 17.9 Å². The number of benzene rings is 4. The zero-order chi connectivity index (χ0) is 30.1. The number of Topliss-reactive ketones (excluding diaryl/α,β-unsaturated/α-hetero) is 1. The SMILES string of the molecule is CSCCC(NC(=O)c1ccc(CN(Cc2ccccc2)c2cccc(C(C)=O)c2)cc1-c1ccccc1C)C(=O)O. The molecule has 2 N–H and O–H groups in total. The smallest absolute Gasteiger partial charge is 0.326 e. The molecule has 0 radical (unpaired) electrons. The molecule has 6 nitrogen and oxygen atoms in total. The lowest BCUT2D eigenvalue weighted by Crippen LogP contribution is -2.41. The molecule has 0 fully saturated rings. The van der Waals surface area contributed by atoms with E-state index in [1.165, 1.54) is 0 Å². The van der Waals surface area contributed by atoms with Crippen molar-refractivity contribution < 1.29 is 19.5 Å². The van der Waals surface area contributed by atoms with Gasteiger partial charge in [-0.3, -0.25) is 9.59 Å². The summed E-state index contributed by atoms with van der Waals surface area (Å²) in [5, 5.41) is 12.4. The number of aryl methyl sites for hydroxylation is 1. The molecule has 0 heterocycles. The number of carbonyl (C=O) groups is 3.